The molecule has 1 heterocycles. The number of rotatable bonds is 1. The van der Waals surface area contributed by atoms with Gasteiger partial charge in [0.25, 0.3) is 0 Å². The number of aromatic nitrogens is 2. The highest BCUT2D eigenvalue weighted by Gasteiger charge is 2.02. The van der Waals surface area contributed by atoms with E-state index in [1.54, 1.807) is 0 Å². The Morgan fingerprint density at radius 3 is 2.76 bits per heavy atom. The maximum atomic E-state index is 4.34. The van der Waals surface area contributed by atoms with Crippen LogP contribution in [0.2, 0.25) is 0 Å². The molecule has 0 radical (unpaired) electrons. The van der Waals surface area contributed by atoms with Crippen LogP contribution in [0.3, 0.4) is 0 Å². The first-order valence-electron chi connectivity index (χ1n) is 5.05. The lowest BCUT2D eigenvalue weighted by atomic mass is 10.2. The highest BCUT2D eigenvalue weighted by atomic mass is 127. The summed E-state index contributed by atoms with van der Waals surface area (Å²) in [6.45, 7) is 0. The van der Waals surface area contributed by atoms with E-state index < -0.39 is 10.0 Å². The molecule has 2 rings (SSSR count). The zero-order valence-corrected chi connectivity index (χ0v) is 14.0. The van der Waals surface area contributed by atoms with Crippen LogP contribution in [0.15, 0.2) is 24.4 Å². The molecule has 0 aliphatic carbocycles. The summed E-state index contributed by atoms with van der Waals surface area (Å²) in [6, 6.07) is 6.30. The Kier molecular flexibility index (Phi) is 4.02. The summed E-state index contributed by atoms with van der Waals surface area (Å²) in [4.78, 5) is 0. The maximum absolute atomic E-state index is 4.34. The van der Waals surface area contributed by atoms with Crippen molar-refractivity contribution in [2.45, 2.75) is 0 Å². The predicted molar refractivity (Wildman–Crippen MR) is 89.7 cm³/mol. The van der Waals surface area contributed by atoms with Crippen LogP contribution in [0.1, 0.15) is 5.56 Å². The fourth-order valence-corrected chi connectivity index (χ4v) is 3.36. The quantitative estimate of drug-likeness (QED) is 0.420. The van der Waals surface area contributed by atoms with Crippen molar-refractivity contribution in [1.82, 2.24) is 9.55 Å². The van der Waals surface area contributed by atoms with Gasteiger partial charge in [0, 0.05) is 10.9 Å². The average molecular weight is 376 g/mol. The van der Waals surface area contributed by atoms with Gasteiger partial charge in [-0.3, -0.25) is 0 Å². The first-order chi connectivity index (χ1) is 7.99. The molecule has 0 aliphatic heterocycles. The van der Waals surface area contributed by atoms with Crippen LogP contribution in [-0.4, -0.2) is 28.3 Å². The third-order valence-electron chi connectivity index (χ3n) is 2.15. The first-order valence-corrected chi connectivity index (χ1v) is 12.0. The van der Waals surface area contributed by atoms with Gasteiger partial charge in [-0.15, -0.1) is 0 Å². The highest BCUT2D eigenvalue weighted by Crippen LogP contribution is 2.32. The molecule has 0 bridgehead atoms. The number of fused-ring (bicyclic) bond motifs is 1. The summed E-state index contributed by atoms with van der Waals surface area (Å²) < 4.78 is 2.02. The fourth-order valence-electron chi connectivity index (χ4n) is 1.39. The smallest absolute Gasteiger partial charge is 0.0730 e. The van der Waals surface area contributed by atoms with Crippen LogP contribution in [0.5, 0.6) is 0 Å². The molecule has 1 aromatic heterocycles. The molecule has 5 heteroatoms. The average Bonchev–Trinajstić information content (AvgIpc) is 2.67. The first kappa shape index (κ1) is 13.2. The minimum Gasteiger partial charge on any atom is -0.237 e. The molecule has 0 spiro atoms. The van der Waals surface area contributed by atoms with E-state index in [9.17, 15) is 0 Å². The Labute approximate surface area is 118 Å². The van der Waals surface area contributed by atoms with Gasteiger partial charge in [0.2, 0.25) is 0 Å². The zero-order chi connectivity index (χ0) is 12.5. The van der Waals surface area contributed by atoms with Gasteiger partial charge in [0.15, 0.2) is 0 Å². The largest absolute Gasteiger partial charge is 0.237 e. The molecule has 17 heavy (non-hydrogen) atoms. The van der Waals surface area contributed by atoms with Crippen molar-refractivity contribution < 1.29 is 0 Å². The van der Waals surface area contributed by atoms with Gasteiger partial charge < -0.3 is 0 Å². The molecule has 0 aliphatic rings. The van der Waals surface area contributed by atoms with E-state index in [1.807, 2.05) is 10.6 Å². The van der Waals surface area contributed by atoms with E-state index in [0.29, 0.717) is 6.37 Å². The molecule has 0 amide bonds. The predicted octanol–water partition coefficient (Wildman–Crippen LogP) is 3.83. The van der Waals surface area contributed by atoms with Crippen molar-refractivity contribution in [3.63, 3.8) is 0 Å². The van der Waals surface area contributed by atoms with E-state index >= 15 is 0 Å². The van der Waals surface area contributed by atoms with Crippen LogP contribution in [0.25, 0.3) is 10.9 Å². The van der Waals surface area contributed by atoms with E-state index in [-0.39, 0.29) is 0 Å². The number of hydrogen-bond acceptors (Lipinski definition) is 1. The van der Waals surface area contributed by atoms with Crippen LogP contribution < -0.4 is 0 Å². The van der Waals surface area contributed by atoms with Crippen LogP contribution >= 0.6 is 38.4 Å². The molecule has 1 aromatic carbocycles. The van der Waals surface area contributed by atoms with Crippen molar-refractivity contribution in [1.29, 1.82) is 0 Å². The van der Waals surface area contributed by atoms with Gasteiger partial charge in [0.1, 0.15) is 0 Å². The minimum atomic E-state index is -0.757. The Balaban J connectivity index is 2.41. The zero-order valence-electron chi connectivity index (χ0n) is 9.99. The van der Waals surface area contributed by atoms with Crippen LogP contribution in [0.4, 0.5) is 0 Å². The lowest BCUT2D eigenvalue weighted by molar-refractivity contribution is 1.04. The molecular formula is C12H14IN2PS. The summed E-state index contributed by atoms with van der Waals surface area (Å²) in [5.41, 5.74) is 2.27. The third-order valence-corrected chi connectivity index (χ3v) is 4.75. The lowest BCUT2D eigenvalue weighted by Crippen LogP contribution is -1.85. The van der Waals surface area contributed by atoms with Crippen molar-refractivity contribution in [3.8, 4) is 11.2 Å². The standard InChI is InChI=1S/C12H14IN2PS/c1-17(2,3)7-6-10-4-5-12-11(8-10)9-14-15(12)16-13/h4-5,8-9,16H,1-3H3. The van der Waals surface area contributed by atoms with Crippen molar-refractivity contribution >= 4 is 49.3 Å². The molecule has 1 unspecified atom stereocenters. The monoisotopic (exact) mass is 376 g/mol. The molecule has 0 saturated heterocycles. The molecule has 2 aromatic rings. The Morgan fingerprint density at radius 2 is 2.12 bits per heavy atom. The summed E-state index contributed by atoms with van der Waals surface area (Å²) in [7, 11) is -0.757. The van der Waals surface area contributed by atoms with E-state index in [4.69, 9.17) is 0 Å². The maximum Gasteiger partial charge on any atom is 0.0730 e. The summed E-state index contributed by atoms with van der Waals surface area (Å²) >= 11 is 2.34. The van der Waals surface area contributed by atoms with Gasteiger partial charge in [-0.25, -0.2) is 4.45 Å². The normalized spacial score (nSPS) is 12.9. The van der Waals surface area contributed by atoms with E-state index in [1.165, 1.54) is 10.9 Å². The second-order valence-corrected chi connectivity index (χ2v) is 10.4. The lowest BCUT2D eigenvalue weighted by Gasteiger charge is -2.14. The molecule has 1 atom stereocenters. The van der Waals surface area contributed by atoms with Gasteiger partial charge in [-0.2, -0.15) is 15.1 Å². The van der Waals surface area contributed by atoms with Crippen LogP contribution in [-0.2, 0) is 0 Å². The third kappa shape index (κ3) is 3.37. The highest BCUT2D eigenvalue weighted by molar-refractivity contribution is 14.2. The SMILES string of the molecule is CS(C)(C)C#Cc1ccc2c(cnn2PI)c1. The fraction of sp³-hybridized carbons (Fsp3) is 0.250. The topological polar surface area (TPSA) is 17.8 Å². The van der Waals surface area contributed by atoms with E-state index in [2.05, 4.69) is 75.3 Å². The molecule has 0 fully saturated rings. The molecule has 2 nitrogen and oxygen atoms in total. The second kappa shape index (κ2) is 5.17. The molecular weight excluding hydrogens is 362 g/mol. The number of halogens is 1. The summed E-state index contributed by atoms with van der Waals surface area (Å²) in [6.07, 6.45) is 9.16. The van der Waals surface area contributed by atoms with Crippen molar-refractivity contribution in [2.24, 2.45) is 0 Å². The van der Waals surface area contributed by atoms with Crippen molar-refractivity contribution in [3.05, 3.63) is 30.0 Å². The van der Waals surface area contributed by atoms with Gasteiger partial charge >= 0.3 is 0 Å². The number of benzene rings is 1. The van der Waals surface area contributed by atoms with Gasteiger partial charge in [0.05, 0.1) is 18.1 Å². The number of hydrogen-bond donors (Lipinski definition) is 0. The summed E-state index contributed by atoms with van der Waals surface area (Å²) in [5.74, 6) is 3.25. The van der Waals surface area contributed by atoms with Crippen molar-refractivity contribution in [2.75, 3.05) is 18.8 Å². The Hall–Kier alpha value is -0.240. The van der Waals surface area contributed by atoms with Crippen LogP contribution in [0, 0.1) is 11.2 Å². The summed E-state index contributed by atoms with van der Waals surface area (Å²) in [5, 5.41) is 8.84. The van der Waals surface area contributed by atoms with E-state index in [0.717, 1.165) is 5.56 Å². The second-order valence-electron chi connectivity index (χ2n) is 4.48. The van der Waals surface area contributed by atoms with Gasteiger partial charge in [-0.1, -0.05) is 5.92 Å². The Bertz CT molecular complexity index is 604. The molecule has 0 saturated carbocycles. The molecule has 90 valence electrons. The van der Waals surface area contributed by atoms with Gasteiger partial charge in [-0.05, 0) is 64.3 Å². The molecule has 0 N–H and O–H groups in total. The minimum absolute atomic E-state index is 0.641. The Morgan fingerprint density at radius 1 is 1.35 bits per heavy atom. The number of nitrogens with zero attached hydrogens (tertiary/aromatic N) is 2.